The lowest BCUT2D eigenvalue weighted by atomic mass is 9.84. The van der Waals surface area contributed by atoms with Gasteiger partial charge in [0.15, 0.2) is 0 Å². The van der Waals surface area contributed by atoms with Gasteiger partial charge in [-0.3, -0.25) is 4.98 Å². The fourth-order valence-electron chi connectivity index (χ4n) is 4.46. The summed E-state index contributed by atoms with van der Waals surface area (Å²) in [6, 6.07) is 18.2. The first-order valence-corrected chi connectivity index (χ1v) is 10.9. The first-order valence-electron chi connectivity index (χ1n) is 12.4. The van der Waals surface area contributed by atoms with Crippen molar-refractivity contribution >= 4 is 22.1 Å². The van der Waals surface area contributed by atoms with E-state index in [1.807, 2.05) is 51.1 Å². The molecule has 0 radical (unpaired) electrons. The first kappa shape index (κ1) is 17.1. The summed E-state index contributed by atoms with van der Waals surface area (Å²) in [7, 11) is 0. The Labute approximate surface area is 193 Å². The van der Waals surface area contributed by atoms with Gasteiger partial charge in [0.1, 0.15) is 5.58 Å². The minimum Gasteiger partial charge on any atom is -0.437 e. The van der Waals surface area contributed by atoms with Gasteiger partial charge in [0.25, 0.3) is 0 Å². The van der Waals surface area contributed by atoms with E-state index >= 15 is 0 Å². The largest absolute Gasteiger partial charge is 0.437 e. The van der Waals surface area contributed by atoms with Crippen LogP contribution in [0.25, 0.3) is 44.6 Å². The smallest absolute Gasteiger partial charge is 0.227 e. The van der Waals surface area contributed by atoms with Crippen LogP contribution in [0.4, 0.5) is 0 Å². The highest BCUT2D eigenvalue weighted by Gasteiger charge is 2.20. The summed E-state index contributed by atoms with van der Waals surface area (Å²) in [6.45, 7) is 8.00. The van der Waals surface area contributed by atoms with Gasteiger partial charge in [0.2, 0.25) is 5.71 Å². The number of aryl methyl sites for hydroxylation is 3. The SMILES string of the molecule is [2H]C([2H])([2H])c1cnc(-c2cccc3c2oc2nc(-c4c(C)cccc4C)ccc23)cc1C(C)(C)C. The molecule has 0 aliphatic rings. The van der Waals surface area contributed by atoms with E-state index in [4.69, 9.17) is 13.5 Å². The van der Waals surface area contributed by atoms with Crippen LogP contribution in [0, 0.1) is 20.7 Å². The molecule has 3 nitrogen and oxygen atoms in total. The third kappa shape index (κ3) is 3.29. The number of hydrogen-bond donors (Lipinski definition) is 0. The average molecular weight is 424 g/mol. The molecule has 32 heavy (non-hydrogen) atoms. The molecule has 0 N–H and O–H groups in total. The number of rotatable bonds is 2. The molecule has 0 bridgehead atoms. The van der Waals surface area contributed by atoms with Crippen LogP contribution in [0.15, 0.2) is 65.2 Å². The van der Waals surface area contributed by atoms with Crippen molar-refractivity contribution in [3.05, 3.63) is 83.0 Å². The summed E-state index contributed by atoms with van der Waals surface area (Å²) in [5.41, 5.74) is 7.78. The van der Waals surface area contributed by atoms with Crippen molar-refractivity contribution in [2.75, 3.05) is 0 Å². The summed E-state index contributed by atoms with van der Waals surface area (Å²) < 4.78 is 30.2. The molecule has 3 heteroatoms. The Kier molecular flexibility index (Phi) is 3.91. The van der Waals surface area contributed by atoms with Gasteiger partial charge in [0.05, 0.1) is 11.4 Å². The Balaban J connectivity index is 1.72. The van der Waals surface area contributed by atoms with Crippen LogP contribution < -0.4 is 0 Å². The van der Waals surface area contributed by atoms with E-state index in [9.17, 15) is 0 Å². The normalized spacial score (nSPS) is 13.8. The minimum absolute atomic E-state index is 0.283. The molecule has 3 heterocycles. The third-order valence-corrected chi connectivity index (χ3v) is 6.09. The molecular weight excluding hydrogens is 392 g/mol. The van der Waals surface area contributed by atoms with E-state index in [2.05, 4.69) is 43.1 Å². The molecule has 0 fully saturated rings. The lowest BCUT2D eigenvalue weighted by molar-refractivity contribution is 0.585. The van der Waals surface area contributed by atoms with Crippen LogP contribution in [-0.4, -0.2) is 9.97 Å². The number of aromatic nitrogens is 2. The second-order valence-corrected chi connectivity index (χ2v) is 9.47. The summed E-state index contributed by atoms with van der Waals surface area (Å²) in [5.74, 6) is 0. The summed E-state index contributed by atoms with van der Waals surface area (Å²) in [4.78, 5) is 9.44. The maximum atomic E-state index is 7.96. The predicted octanol–water partition coefficient (Wildman–Crippen LogP) is 7.93. The Bertz CT molecular complexity index is 1570. The Morgan fingerprint density at radius 1 is 0.844 bits per heavy atom. The molecule has 0 saturated carbocycles. The maximum Gasteiger partial charge on any atom is 0.227 e. The van der Waals surface area contributed by atoms with Crippen LogP contribution in [0.2, 0.25) is 0 Å². The van der Waals surface area contributed by atoms with E-state index < -0.39 is 6.85 Å². The van der Waals surface area contributed by atoms with E-state index in [1.54, 1.807) is 0 Å². The van der Waals surface area contributed by atoms with Gasteiger partial charge in [-0.05, 0) is 72.6 Å². The zero-order valence-electron chi connectivity index (χ0n) is 22.1. The molecule has 3 aromatic heterocycles. The summed E-state index contributed by atoms with van der Waals surface area (Å²) in [5, 5.41) is 1.89. The Hall–Kier alpha value is -3.46. The van der Waals surface area contributed by atoms with Crippen LogP contribution in [0.5, 0.6) is 0 Å². The zero-order valence-corrected chi connectivity index (χ0v) is 19.1. The lowest BCUT2D eigenvalue weighted by Gasteiger charge is -2.22. The number of para-hydroxylation sites is 1. The molecule has 0 aliphatic carbocycles. The molecule has 0 atom stereocenters. The second-order valence-electron chi connectivity index (χ2n) is 9.47. The van der Waals surface area contributed by atoms with Crippen LogP contribution in [0.3, 0.4) is 0 Å². The van der Waals surface area contributed by atoms with Crippen molar-refractivity contribution in [3.63, 3.8) is 0 Å². The number of pyridine rings is 2. The van der Waals surface area contributed by atoms with Gasteiger partial charge in [-0.15, -0.1) is 0 Å². The quantitative estimate of drug-likeness (QED) is 0.289. The van der Waals surface area contributed by atoms with Crippen LogP contribution >= 0.6 is 0 Å². The van der Waals surface area contributed by atoms with Crippen molar-refractivity contribution in [2.24, 2.45) is 0 Å². The lowest BCUT2D eigenvalue weighted by Crippen LogP contribution is -2.13. The molecule has 0 aliphatic heterocycles. The Morgan fingerprint density at radius 2 is 1.59 bits per heavy atom. The average Bonchev–Trinajstić information content (AvgIpc) is 3.15. The number of fused-ring (bicyclic) bond motifs is 3. The molecule has 0 amide bonds. The van der Waals surface area contributed by atoms with E-state index in [1.165, 1.54) is 17.3 Å². The molecule has 160 valence electrons. The number of benzene rings is 2. The molecule has 0 unspecified atom stereocenters. The van der Waals surface area contributed by atoms with Gasteiger partial charge in [-0.1, -0.05) is 51.1 Å². The maximum absolute atomic E-state index is 7.96. The van der Waals surface area contributed by atoms with Crippen molar-refractivity contribution in [1.82, 2.24) is 9.97 Å². The fraction of sp³-hybridized carbons (Fsp3) is 0.241. The predicted molar refractivity (Wildman–Crippen MR) is 133 cm³/mol. The second kappa shape index (κ2) is 7.30. The monoisotopic (exact) mass is 423 g/mol. The van der Waals surface area contributed by atoms with Gasteiger partial charge < -0.3 is 4.42 Å². The highest BCUT2D eigenvalue weighted by molar-refractivity contribution is 6.08. The first-order chi connectivity index (χ1) is 16.4. The van der Waals surface area contributed by atoms with Crippen molar-refractivity contribution in [1.29, 1.82) is 0 Å². The molecular formula is C29H28N2O. The molecule has 5 aromatic rings. The van der Waals surface area contributed by atoms with Crippen LogP contribution in [0.1, 0.15) is 47.1 Å². The molecule has 0 spiro atoms. The number of furan rings is 1. The van der Waals surface area contributed by atoms with Crippen molar-refractivity contribution in [3.8, 4) is 22.5 Å². The third-order valence-electron chi connectivity index (χ3n) is 6.09. The Morgan fingerprint density at radius 3 is 2.31 bits per heavy atom. The van der Waals surface area contributed by atoms with Crippen molar-refractivity contribution in [2.45, 2.75) is 46.9 Å². The summed E-state index contributed by atoms with van der Waals surface area (Å²) >= 11 is 0. The number of hydrogen-bond acceptors (Lipinski definition) is 3. The topological polar surface area (TPSA) is 38.9 Å². The zero-order chi connectivity index (χ0) is 25.1. The van der Waals surface area contributed by atoms with E-state index in [0.29, 0.717) is 17.0 Å². The highest BCUT2D eigenvalue weighted by Crippen LogP contribution is 2.37. The molecule has 2 aromatic carbocycles. The van der Waals surface area contributed by atoms with E-state index in [-0.39, 0.29) is 11.0 Å². The van der Waals surface area contributed by atoms with Crippen LogP contribution in [-0.2, 0) is 5.41 Å². The van der Waals surface area contributed by atoms with Gasteiger partial charge >= 0.3 is 0 Å². The molecule has 5 rings (SSSR count). The minimum atomic E-state index is -2.23. The highest BCUT2D eigenvalue weighted by atomic mass is 16.3. The van der Waals surface area contributed by atoms with Gasteiger partial charge in [-0.25, -0.2) is 4.98 Å². The van der Waals surface area contributed by atoms with Crippen molar-refractivity contribution < 1.29 is 8.53 Å². The van der Waals surface area contributed by atoms with Gasteiger partial charge in [-0.2, -0.15) is 0 Å². The fourth-order valence-corrected chi connectivity index (χ4v) is 4.46. The number of nitrogens with zero attached hydrogens (tertiary/aromatic N) is 2. The standard InChI is InChI=1S/C29H28N2O/c1-17-9-7-10-18(2)26(17)24-14-13-21-20-11-8-12-22(27(20)32-28(21)31-24)25-15-23(29(4,5)6)19(3)16-30-25/h7-16H,1-6H3/i3D3. The summed E-state index contributed by atoms with van der Waals surface area (Å²) in [6.07, 6.45) is 1.49. The molecule has 0 saturated heterocycles. The van der Waals surface area contributed by atoms with E-state index in [0.717, 1.165) is 33.2 Å². The van der Waals surface area contributed by atoms with Gasteiger partial charge in [0, 0.05) is 32.2 Å².